The van der Waals surface area contributed by atoms with E-state index in [0.717, 1.165) is 31.9 Å². The van der Waals surface area contributed by atoms with E-state index in [1.807, 2.05) is 4.90 Å². The normalized spacial score (nSPS) is 18.9. The number of carbonyl (C=O) groups is 1. The number of carbonyl (C=O) groups excluding carboxylic acids is 1. The highest BCUT2D eigenvalue weighted by molar-refractivity contribution is 5.81. The monoisotopic (exact) mass is 273 g/mol. The van der Waals surface area contributed by atoms with Gasteiger partial charge in [0.2, 0.25) is 5.91 Å². The van der Waals surface area contributed by atoms with Gasteiger partial charge in [0.1, 0.15) is 0 Å². The number of likely N-dealkylation sites (N-methyl/N-ethyl adjacent to an activating group) is 1. The Morgan fingerprint density at radius 1 is 1.15 bits per heavy atom. The number of rotatable bonds is 3. The van der Waals surface area contributed by atoms with Crippen LogP contribution in [0, 0.1) is 0 Å². The molecule has 0 atom stereocenters. The van der Waals surface area contributed by atoms with Gasteiger partial charge in [0, 0.05) is 31.9 Å². The molecule has 1 aromatic carbocycles. The Morgan fingerprint density at radius 3 is 2.70 bits per heavy atom. The van der Waals surface area contributed by atoms with Crippen LogP contribution in [0.25, 0.3) is 0 Å². The summed E-state index contributed by atoms with van der Waals surface area (Å²) in [6, 6.07) is 6.51. The highest BCUT2D eigenvalue weighted by Crippen LogP contribution is 2.24. The summed E-state index contributed by atoms with van der Waals surface area (Å²) < 4.78 is 0. The first-order valence-corrected chi connectivity index (χ1v) is 7.54. The van der Waals surface area contributed by atoms with Gasteiger partial charge in [-0.2, -0.15) is 0 Å². The lowest BCUT2D eigenvalue weighted by Crippen LogP contribution is -2.48. The third kappa shape index (κ3) is 2.96. The Bertz CT molecular complexity index is 492. The van der Waals surface area contributed by atoms with Crippen molar-refractivity contribution in [2.45, 2.75) is 19.3 Å². The summed E-state index contributed by atoms with van der Waals surface area (Å²) in [4.78, 5) is 16.4. The molecule has 2 aliphatic rings. The van der Waals surface area contributed by atoms with Crippen molar-refractivity contribution in [3.63, 3.8) is 0 Å². The predicted octanol–water partition coefficient (Wildman–Crippen LogP) is 1.36. The molecule has 0 unspecified atom stereocenters. The van der Waals surface area contributed by atoms with Gasteiger partial charge < -0.3 is 15.1 Å². The van der Waals surface area contributed by atoms with Gasteiger partial charge in [-0.1, -0.05) is 6.07 Å². The van der Waals surface area contributed by atoms with Crippen LogP contribution < -0.4 is 5.32 Å². The lowest BCUT2D eigenvalue weighted by atomic mass is 10.1. The minimum atomic E-state index is 0.207. The van der Waals surface area contributed by atoms with Gasteiger partial charge in [0.25, 0.3) is 0 Å². The van der Waals surface area contributed by atoms with Gasteiger partial charge in [-0.05, 0) is 49.6 Å². The molecular formula is C16H23N3O. The van der Waals surface area contributed by atoms with Crippen molar-refractivity contribution in [2.24, 2.45) is 0 Å². The fraction of sp³-hybridized carbons (Fsp3) is 0.562. The molecule has 4 heteroatoms. The summed E-state index contributed by atoms with van der Waals surface area (Å²) in [5, 5.41) is 3.28. The zero-order chi connectivity index (χ0) is 13.9. The maximum Gasteiger partial charge on any atom is 0.241 e. The number of fused-ring (bicyclic) bond motifs is 1. The minimum absolute atomic E-state index is 0.207. The summed E-state index contributed by atoms with van der Waals surface area (Å²) in [6.07, 6.45) is 3.64. The molecule has 1 amide bonds. The summed E-state index contributed by atoms with van der Waals surface area (Å²) >= 11 is 0. The molecule has 0 aromatic heterocycles. The van der Waals surface area contributed by atoms with E-state index < -0.39 is 0 Å². The molecule has 108 valence electrons. The highest BCUT2D eigenvalue weighted by atomic mass is 16.2. The van der Waals surface area contributed by atoms with Crippen LogP contribution in [0.5, 0.6) is 0 Å². The lowest BCUT2D eigenvalue weighted by Gasteiger charge is -2.32. The first-order chi connectivity index (χ1) is 9.72. The molecule has 0 spiro atoms. The topological polar surface area (TPSA) is 35.6 Å². The number of hydrogen-bond donors (Lipinski definition) is 1. The predicted molar refractivity (Wildman–Crippen MR) is 81.0 cm³/mol. The van der Waals surface area contributed by atoms with E-state index in [4.69, 9.17) is 0 Å². The summed E-state index contributed by atoms with van der Waals surface area (Å²) in [5.41, 5.74) is 4.00. The van der Waals surface area contributed by atoms with Crippen molar-refractivity contribution in [1.29, 1.82) is 0 Å². The number of amides is 1. The molecule has 1 saturated heterocycles. The number of hydrogen-bond acceptors (Lipinski definition) is 3. The molecule has 1 aromatic rings. The largest absolute Gasteiger partial charge is 0.376 e. The van der Waals surface area contributed by atoms with E-state index in [1.54, 1.807) is 0 Å². The van der Waals surface area contributed by atoms with Crippen molar-refractivity contribution in [3.8, 4) is 0 Å². The molecule has 1 heterocycles. The first kappa shape index (κ1) is 13.4. The van der Waals surface area contributed by atoms with Crippen LogP contribution in [0.4, 0.5) is 5.69 Å². The fourth-order valence-electron chi connectivity index (χ4n) is 3.03. The molecule has 20 heavy (non-hydrogen) atoms. The van der Waals surface area contributed by atoms with Gasteiger partial charge in [-0.3, -0.25) is 4.79 Å². The molecule has 0 saturated carbocycles. The summed E-state index contributed by atoms with van der Waals surface area (Å²) in [5.74, 6) is 0.207. The van der Waals surface area contributed by atoms with Crippen molar-refractivity contribution in [2.75, 3.05) is 45.1 Å². The Labute approximate surface area is 120 Å². The minimum Gasteiger partial charge on any atom is -0.376 e. The zero-order valence-corrected chi connectivity index (χ0v) is 12.2. The molecule has 3 rings (SSSR count). The van der Waals surface area contributed by atoms with E-state index in [0.29, 0.717) is 6.54 Å². The van der Waals surface area contributed by atoms with Crippen LogP contribution in [-0.4, -0.2) is 55.5 Å². The van der Waals surface area contributed by atoms with Gasteiger partial charge in [0.15, 0.2) is 0 Å². The smallest absolute Gasteiger partial charge is 0.241 e. The van der Waals surface area contributed by atoms with E-state index in [1.165, 1.54) is 30.4 Å². The SMILES string of the molecule is CN1CCN(C(=O)CNc2ccc3c(c2)CCC3)CC1. The number of aryl methyl sites for hydroxylation is 2. The number of anilines is 1. The number of nitrogens with one attached hydrogen (secondary N) is 1. The van der Waals surface area contributed by atoms with Crippen LogP contribution in [-0.2, 0) is 17.6 Å². The van der Waals surface area contributed by atoms with Gasteiger partial charge in [0.05, 0.1) is 6.54 Å². The molecule has 0 radical (unpaired) electrons. The third-order valence-electron chi connectivity index (χ3n) is 4.40. The average molecular weight is 273 g/mol. The van der Waals surface area contributed by atoms with Gasteiger partial charge in [-0.25, -0.2) is 0 Å². The van der Waals surface area contributed by atoms with E-state index in [2.05, 4.69) is 35.5 Å². The molecule has 1 N–H and O–H groups in total. The van der Waals surface area contributed by atoms with Crippen LogP contribution in [0.2, 0.25) is 0 Å². The molecule has 1 fully saturated rings. The van der Waals surface area contributed by atoms with Crippen molar-refractivity contribution in [3.05, 3.63) is 29.3 Å². The Hall–Kier alpha value is -1.55. The highest BCUT2D eigenvalue weighted by Gasteiger charge is 2.18. The Morgan fingerprint density at radius 2 is 1.90 bits per heavy atom. The molecule has 4 nitrogen and oxygen atoms in total. The van der Waals surface area contributed by atoms with Gasteiger partial charge in [-0.15, -0.1) is 0 Å². The van der Waals surface area contributed by atoms with Crippen molar-refractivity contribution < 1.29 is 4.79 Å². The van der Waals surface area contributed by atoms with Crippen molar-refractivity contribution in [1.82, 2.24) is 9.80 Å². The number of piperazine rings is 1. The fourth-order valence-corrected chi connectivity index (χ4v) is 3.03. The molecule has 1 aliphatic carbocycles. The zero-order valence-electron chi connectivity index (χ0n) is 12.2. The van der Waals surface area contributed by atoms with Crippen molar-refractivity contribution >= 4 is 11.6 Å². The van der Waals surface area contributed by atoms with Crippen LogP contribution in [0.3, 0.4) is 0 Å². The summed E-state index contributed by atoms with van der Waals surface area (Å²) in [7, 11) is 2.10. The Balaban J connectivity index is 1.53. The van der Waals surface area contributed by atoms with Gasteiger partial charge >= 0.3 is 0 Å². The first-order valence-electron chi connectivity index (χ1n) is 7.54. The maximum absolute atomic E-state index is 12.2. The Kier molecular flexibility index (Phi) is 3.92. The maximum atomic E-state index is 12.2. The van der Waals surface area contributed by atoms with E-state index in [9.17, 15) is 4.79 Å². The second kappa shape index (κ2) is 5.83. The molecular weight excluding hydrogens is 250 g/mol. The second-order valence-electron chi connectivity index (χ2n) is 5.87. The van der Waals surface area contributed by atoms with Crippen LogP contribution in [0.15, 0.2) is 18.2 Å². The molecule has 1 aliphatic heterocycles. The second-order valence-corrected chi connectivity index (χ2v) is 5.87. The van der Waals surface area contributed by atoms with Crippen LogP contribution >= 0.6 is 0 Å². The average Bonchev–Trinajstić information content (AvgIpc) is 2.93. The number of benzene rings is 1. The summed E-state index contributed by atoms with van der Waals surface area (Å²) in [6.45, 7) is 4.06. The van der Waals surface area contributed by atoms with Crippen LogP contribution in [0.1, 0.15) is 17.5 Å². The van der Waals surface area contributed by atoms with E-state index >= 15 is 0 Å². The standard InChI is InChI=1S/C16H23N3O/c1-18-7-9-19(10-8-18)16(20)12-17-15-6-5-13-3-2-4-14(13)11-15/h5-6,11,17H,2-4,7-10,12H2,1H3. The third-order valence-corrected chi connectivity index (χ3v) is 4.40. The number of nitrogens with zero attached hydrogens (tertiary/aromatic N) is 2. The lowest BCUT2D eigenvalue weighted by molar-refractivity contribution is -0.130. The quantitative estimate of drug-likeness (QED) is 0.903. The molecule has 0 bridgehead atoms. The van der Waals surface area contributed by atoms with E-state index in [-0.39, 0.29) is 5.91 Å².